The monoisotopic (exact) mass is 321 g/mol. The normalized spacial score (nSPS) is 16.6. The molecule has 2 aromatic rings. The van der Waals surface area contributed by atoms with E-state index in [0.717, 1.165) is 0 Å². The number of rotatable bonds is 6. The molecule has 23 heavy (non-hydrogen) atoms. The molecule has 0 saturated heterocycles. The molecule has 0 aliphatic rings. The smallest absolute Gasteiger partial charge is 0.123 e. The highest BCUT2D eigenvalue weighted by Gasteiger charge is 2.27. The van der Waals surface area contributed by atoms with Crippen LogP contribution in [-0.4, -0.2) is 23.3 Å². The lowest BCUT2D eigenvalue weighted by atomic mass is 9.93. The van der Waals surface area contributed by atoms with Crippen molar-refractivity contribution in [2.24, 2.45) is 0 Å². The molecule has 0 saturated carbocycles. The quantitative estimate of drug-likeness (QED) is 0.767. The third-order valence-electron chi connectivity index (χ3n) is 3.87. The molecular weight excluding hydrogens is 300 g/mol. The van der Waals surface area contributed by atoms with E-state index in [0.29, 0.717) is 11.1 Å². The summed E-state index contributed by atoms with van der Waals surface area (Å²) >= 11 is 0. The van der Waals surface area contributed by atoms with Crippen LogP contribution in [0.4, 0.5) is 8.78 Å². The van der Waals surface area contributed by atoms with E-state index in [-0.39, 0.29) is 24.7 Å². The molecule has 2 aromatic carbocycles. The third kappa shape index (κ3) is 4.58. The molecule has 0 fully saturated rings. The van der Waals surface area contributed by atoms with Gasteiger partial charge in [0.2, 0.25) is 0 Å². The zero-order valence-corrected chi connectivity index (χ0v) is 13.2. The lowest BCUT2D eigenvalue weighted by Crippen LogP contribution is -2.42. The highest BCUT2D eigenvalue weighted by atomic mass is 19.1. The van der Waals surface area contributed by atoms with Crippen molar-refractivity contribution in [2.45, 2.75) is 25.0 Å². The third-order valence-corrected chi connectivity index (χ3v) is 3.87. The molecule has 2 unspecified atom stereocenters. The van der Waals surface area contributed by atoms with Crippen LogP contribution in [0.25, 0.3) is 0 Å². The van der Waals surface area contributed by atoms with Crippen molar-refractivity contribution >= 4 is 0 Å². The summed E-state index contributed by atoms with van der Waals surface area (Å²) in [6.07, 6.45) is 0. The van der Waals surface area contributed by atoms with Crippen molar-refractivity contribution in [3.8, 4) is 0 Å². The first kappa shape index (κ1) is 17.5. The van der Waals surface area contributed by atoms with Crippen molar-refractivity contribution in [2.75, 3.05) is 13.1 Å². The largest absolute Gasteiger partial charge is 0.384 e. The maximum atomic E-state index is 12.9. The summed E-state index contributed by atoms with van der Waals surface area (Å²) in [5, 5.41) is 23.9. The van der Waals surface area contributed by atoms with Crippen LogP contribution in [0.5, 0.6) is 0 Å². The Morgan fingerprint density at radius 1 is 0.739 bits per heavy atom. The Morgan fingerprint density at radius 3 is 1.35 bits per heavy atom. The number of aliphatic hydroxyl groups is 2. The second kappa shape index (κ2) is 6.74. The van der Waals surface area contributed by atoms with Crippen LogP contribution in [0.1, 0.15) is 25.0 Å². The van der Waals surface area contributed by atoms with Gasteiger partial charge < -0.3 is 15.5 Å². The SMILES string of the molecule is CC(O)(CNCC(C)(O)c1ccc(F)cc1)c1ccc(F)cc1. The molecule has 3 nitrogen and oxygen atoms in total. The Labute approximate surface area is 134 Å². The Morgan fingerprint density at radius 2 is 1.04 bits per heavy atom. The molecular formula is C18H21F2NO2. The van der Waals surface area contributed by atoms with Crippen molar-refractivity contribution < 1.29 is 19.0 Å². The maximum Gasteiger partial charge on any atom is 0.123 e. The first-order chi connectivity index (χ1) is 10.7. The summed E-state index contributed by atoms with van der Waals surface area (Å²) in [6.45, 7) is 3.58. The molecule has 0 heterocycles. The van der Waals surface area contributed by atoms with Crippen molar-refractivity contribution in [1.29, 1.82) is 0 Å². The van der Waals surface area contributed by atoms with Gasteiger partial charge in [-0.05, 0) is 49.2 Å². The first-order valence-corrected chi connectivity index (χ1v) is 7.38. The van der Waals surface area contributed by atoms with Crippen LogP contribution in [0.2, 0.25) is 0 Å². The van der Waals surface area contributed by atoms with Crippen LogP contribution in [0.3, 0.4) is 0 Å². The van der Waals surface area contributed by atoms with Crippen molar-refractivity contribution in [1.82, 2.24) is 5.32 Å². The molecule has 0 amide bonds. The Hall–Kier alpha value is -1.82. The predicted octanol–water partition coefficient (Wildman–Crippen LogP) is 2.67. The molecule has 2 atom stereocenters. The van der Waals surface area contributed by atoms with Crippen LogP contribution in [0.15, 0.2) is 48.5 Å². The highest BCUT2D eigenvalue weighted by molar-refractivity contribution is 5.24. The van der Waals surface area contributed by atoms with Gasteiger partial charge >= 0.3 is 0 Å². The standard InChI is InChI=1S/C18H21F2NO2/c1-17(22,13-3-7-15(19)8-4-13)11-21-12-18(2,23)14-5-9-16(20)10-6-14/h3-10,21-23H,11-12H2,1-2H3. The van der Waals surface area contributed by atoms with Gasteiger partial charge in [0.1, 0.15) is 11.6 Å². The molecule has 2 rings (SSSR count). The lowest BCUT2D eigenvalue weighted by molar-refractivity contribution is 0.0300. The average Bonchev–Trinajstić information content (AvgIpc) is 2.47. The van der Waals surface area contributed by atoms with Gasteiger partial charge in [-0.3, -0.25) is 0 Å². The van der Waals surface area contributed by atoms with Gasteiger partial charge in [-0.15, -0.1) is 0 Å². The number of hydrogen-bond acceptors (Lipinski definition) is 3. The maximum absolute atomic E-state index is 12.9. The topological polar surface area (TPSA) is 52.5 Å². The zero-order chi connectivity index (χ0) is 17.1. The summed E-state index contributed by atoms with van der Waals surface area (Å²) in [5.41, 5.74) is -1.25. The summed E-state index contributed by atoms with van der Waals surface area (Å²) in [4.78, 5) is 0. The van der Waals surface area contributed by atoms with Gasteiger partial charge in [-0.25, -0.2) is 8.78 Å². The van der Waals surface area contributed by atoms with Crippen molar-refractivity contribution in [3.05, 3.63) is 71.3 Å². The summed E-state index contributed by atoms with van der Waals surface area (Å²) in [7, 11) is 0. The summed E-state index contributed by atoms with van der Waals surface area (Å²) in [6, 6.07) is 11.3. The summed E-state index contributed by atoms with van der Waals surface area (Å²) in [5.74, 6) is -0.728. The molecule has 0 aromatic heterocycles. The minimum atomic E-state index is -1.20. The molecule has 0 bridgehead atoms. The fourth-order valence-corrected chi connectivity index (χ4v) is 2.37. The first-order valence-electron chi connectivity index (χ1n) is 7.38. The van der Waals surface area contributed by atoms with E-state index in [1.54, 1.807) is 13.8 Å². The molecule has 5 heteroatoms. The molecule has 0 aliphatic carbocycles. The molecule has 3 N–H and O–H groups in total. The second-order valence-corrected chi connectivity index (χ2v) is 6.17. The molecule has 0 aliphatic heterocycles. The van der Waals surface area contributed by atoms with E-state index >= 15 is 0 Å². The van der Waals surface area contributed by atoms with E-state index in [2.05, 4.69) is 5.32 Å². The fraction of sp³-hybridized carbons (Fsp3) is 0.333. The molecule has 0 spiro atoms. The van der Waals surface area contributed by atoms with Crippen LogP contribution in [0, 0.1) is 11.6 Å². The Bertz CT molecular complexity index is 580. The van der Waals surface area contributed by atoms with Gasteiger partial charge in [0.15, 0.2) is 0 Å². The van der Waals surface area contributed by atoms with Gasteiger partial charge in [0.05, 0.1) is 11.2 Å². The number of halogens is 2. The minimum Gasteiger partial charge on any atom is -0.384 e. The van der Waals surface area contributed by atoms with E-state index in [9.17, 15) is 19.0 Å². The van der Waals surface area contributed by atoms with Gasteiger partial charge in [0, 0.05) is 13.1 Å². The zero-order valence-electron chi connectivity index (χ0n) is 13.2. The number of hydrogen-bond donors (Lipinski definition) is 3. The minimum absolute atomic E-state index is 0.177. The average molecular weight is 321 g/mol. The van der Waals surface area contributed by atoms with Gasteiger partial charge in [-0.2, -0.15) is 0 Å². The Kier molecular flexibility index (Phi) is 5.14. The molecule has 0 radical (unpaired) electrons. The van der Waals surface area contributed by atoms with Crippen molar-refractivity contribution in [3.63, 3.8) is 0 Å². The van der Waals surface area contributed by atoms with Gasteiger partial charge in [0.25, 0.3) is 0 Å². The van der Waals surface area contributed by atoms with Crippen LogP contribution in [-0.2, 0) is 11.2 Å². The number of nitrogens with one attached hydrogen (secondary N) is 1. The van der Waals surface area contributed by atoms with E-state index in [1.807, 2.05) is 0 Å². The predicted molar refractivity (Wildman–Crippen MR) is 84.8 cm³/mol. The summed E-state index contributed by atoms with van der Waals surface area (Å²) < 4.78 is 25.9. The molecule has 124 valence electrons. The van der Waals surface area contributed by atoms with E-state index in [4.69, 9.17) is 0 Å². The van der Waals surface area contributed by atoms with Crippen LogP contribution < -0.4 is 5.32 Å². The van der Waals surface area contributed by atoms with Crippen LogP contribution >= 0.6 is 0 Å². The van der Waals surface area contributed by atoms with Gasteiger partial charge in [-0.1, -0.05) is 24.3 Å². The fourth-order valence-electron chi connectivity index (χ4n) is 2.37. The highest BCUT2D eigenvalue weighted by Crippen LogP contribution is 2.22. The number of benzene rings is 2. The van der Waals surface area contributed by atoms with E-state index in [1.165, 1.54) is 48.5 Å². The second-order valence-electron chi connectivity index (χ2n) is 6.17. The lowest BCUT2D eigenvalue weighted by Gasteiger charge is -2.29. The Balaban J connectivity index is 1.97. The van der Waals surface area contributed by atoms with E-state index < -0.39 is 11.2 Å².